The molecule has 1 aromatic heterocycles. The topological polar surface area (TPSA) is 75.2 Å². The van der Waals surface area contributed by atoms with Crippen molar-refractivity contribution in [1.82, 2.24) is 9.97 Å². The molecule has 0 aliphatic rings. The van der Waals surface area contributed by atoms with Crippen LogP contribution in [0.5, 0.6) is 5.75 Å². The summed E-state index contributed by atoms with van der Waals surface area (Å²) < 4.78 is 5.09. The maximum atomic E-state index is 10.8. The number of nitrogens with one attached hydrogen (secondary N) is 1. The number of fused-ring (bicyclic) bond motifs is 1. The fourth-order valence-electron chi connectivity index (χ4n) is 1.49. The van der Waals surface area contributed by atoms with Crippen LogP contribution in [0, 0.1) is 6.92 Å². The number of carboxylic acids is 1. The molecule has 1 aromatic carbocycles. The first-order chi connectivity index (χ1) is 7.11. The van der Waals surface area contributed by atoms with Gasteiger partial charge in [-0.25, -0.2) is 9.78 Å². The summed E-state index contributed by atoms with van der Waals surface area (Å²) in [6.07, 6.45) is 0. The second-order valence-corrected chi connectivity index (χ2v) is 3.20. The van der Waals surface area contributed by atoms with Crippen LogP contribution >= 0.6 is 0 Å². The molecule has 78 valence electrons. The number of hydrogen-bond donors (Lipinski definition) is 2. The van der Waals surface area contributed by atoms with Gasteiger partial charge in [0, 0.05) is 0 Å². The Morgan fingerprint density at radius 2 is 2.27 bits per heavy atom. The lowest BCUT2D eigenvalue weighted by atomic mass is 10.2. The van der Waals surface area contributed by atoms with E-state index in [9.17, 15) is 4.79 Å². The van der Waals surface area contributed by atoms with Gasteiger partial charge in [0.05, 0.1) is 18.2 Å². The van der Waals surface area contributed by atoms with Gasteiger partial charge in [-0.1, -0.05) is 0 Å². The zero-order valence-electron chi connectivity index (χ0n) is 8.37. The molecule has 0 spiro atoms. The van der Waals surface area contributed by atoms with Crippen molar-refractivity contribution >= 4 is 17.0 Å². The first-order valence-electron chi connectivity index (χ1n) is 4.39. The lowest BCUT2D eigenvalue weighted by Crippen LogP contribution is -1.97. The minimum atomic E-state index is -0.984. The third kappa shape index (κ3) is 1.52. The zero-order valence-corrected chi connectivity index (χ0v) is 8.37. The van der Waals surface area contributed by atoms with Gasteiger partial charge >= 0.3 is 5.97 Å². The maximum Gasteiger partial charge on any atom is 0.335 e. The van der Waals surface area contributed by atoms with Crippen LogP contribution in [-0.4, -0.2) is 28.2 Å². The van der Waals surface area contributed by atoms with Gasteiger partial charge in [-0.2, -0.15) is 0 Å². The van der Waals surface area contributed by atoms with Crippen molar-refractivity contribution in [3.8, 4) is 5.75 Å². The molecule has 0 saturated heterocycles. The highest BCUT2D eigenvalue weighted by Crippen LogP contribution is 2.25. The number of aromatic carboxylic acids is 1. The van der Waals surface area contributed by atoms with E-state index in [2.05, 4.69) is 9.97 Å². The van der Waals surface area contributed by atoms with Gasteiger partial charge in [0.15, 0.2) is 0 Å². The van der Waals surface area contributed by atoms with Crippen molar-refractivity contribution in [3.63, 3.8) is 0 Å². The first kappa shape index (κ1) is 9.51. The van der Waals surface area contributed by atoms with Gasteiger partial charge in [0.1, 0.15) is 17.1 Å². The number of rotatable bonds is 2. The SMILES string of the molecule is COc1cc(C(=O)O)cc2[nH]c(C)nc12. The van der Waals surface area contributed by atoms with E-state index in [1.54, 1.807) is 13.0 Å². The zero-order chi connectivity index (χ0) is 11.0. The van der Waals surface area contributed by atoms with Crippen molar-refractivity contribution in [2.24, 2.45) is 0 Å². The van der Waals surface area contributed by atoms with Crippen molar-refractivity contribution in [2.45, 2.75) is 6.92 Å². The van der Waals surface area contributed by atoms with E-state index in [1.165, 1.54) is 13.2 Å². The predicted molar refractivity (Wildman–Crippen MR) is 54.3 cm³/mol. The number of imidazole rings is 1. The number of H-pyrrole nitrogens is 1. The number of carboxylic acid groups (broad SMARTS) is 1. The monoisotopic (exact) mass is 206 g/mol. The average molecular weight is 206 g/mol. The van der Waals surface area contributed by atoms with Crippen molar-refractivity contribution in [2.75, 3.05) is 7.11 Å². The van der Waals surface area contributed by atoms with Crippen LogP contribution in [-0.2, 0) is 0 Å². The minimum Gasteiger partial charge on any atom is -0.494 e. The molecule has 0 radical (unpaired) electrons. The van der Waals surface area contributed by atoms with Gasteiger partial charge in [-0.05, 0) is 19.1 Å². The van der Waals surface area contributed by atoms with Gasteiger partial charge < -0.3 is 14.8 Å². The molecule has 0 saturated carbocycles. The van der Waals surface area contributed by atoms with Crippen LogP contribution in [0.1, 0.15) is 16.2 Å². The Morgan fingerprint density at radius 3 is 2.87 bits per heavy atom. The Bertz CT molecular complexity index is 531. The quantitative estimate of drug-likeness (QED) is 0.782. The maximum absolute atomic E-state index is 10.8. The number of ether oxygens (including phenoxy) is 1. The second-order valence-electron chi connectivity index (χ2n) is 3.20. The third-order valence-corrected chi connectivity index (χ3v) is 2.14. The van der Waals surface area contributed by atoms with Crippen LogP contribution in [0.25, 0.3) is 11.0 Å². The molecule has 2 aromatic rings. The summed E-state index contributed by atoms with van der Waals surface area (Å²) in [4.78, 5) is 18.0. The number of hydrogen-bond acceptors (Lipinski definition) is 3. The molecule has 15 heavy (non-hydrogen) atoms. The fraction of sp³-hybridized carbons (Fsp3) is 0.200. The lowest BCUT2D eigenvalue weighted by molar-refractivity contribution is 0.0696. The third-order valence-electron chi connectivity index (χ3n) is 2.14. The normalized spacial score (nSPS) is 10.5. The molecule has 0 atom stereocenters. The number of methoxy groups -OCH3 is 1. The van der Waals surface area contributed by atoms with Crippen LogP contribution in [0.4, 0.5) is 0 Å². The number of benzene rings is 1. The highest BCUT2D eigenvalue weighted by molar-refractivity contribution is 5.95. The summed E-state index contributed by atoms with van der Waals surface area (Å²) in [5.41, 5.74) is 1.51. The standard InChI is InChI=1S/C10H10N2O3/c1-5-11-7-3-6(10(13)14)4-8(15-2)9(7)12-5/h3-4H,1-2H3,(H,11,12)(H,13,14). The van der Waals surface area contributed by atoms with Gasteiger partial charge in [-0.3, -0.25) is 0 Å². The van der Waals surface area contributed by atoms with Gasteiger partial charge in [0.25, 0.3) is 0 Å². The number of aromatic amines is 1. The molecule has 2 rings (SSSR count). The van der Waals surface area contributed by atoms with E-state index in [0.717, 1.165) is 5.82 Å². The van der Waals surface area contributed by atoms with Crippen LogP contribution in [0.2, 0.25) is 0 Å². The second kappa shape index (κ2) is 3.27. The van der Waals surface area contributed by atoms with Crippen molar-refractivity contribution < 1.29 is 14.6 Å². The lowest BCUT2D eigenvalue weighted by Gasteiger charge is -2.02. The largest absolute Gasteiger partial charge is 0.494 e. The highest BCUT2D eigenvalue weighted by atomic mass is 16.5. The summed E-state index contributed by atoms with van der Waals surface area (Å²) >= 11 is 0. The Kier molecular flexibility index (Phi) is 2.07. The molecular formula is C10H10N2O3. The van der Waals surface area contributed by atoms with Crippen molar-refractivity contribution in [1.29, 1.82) is 0 Å². The Hall–Kier alpha value is -2.04. The Balaban J connectivity index is 2.76. The van der Waals surface area contributed by atoms with Gasteiger partial charge in [-0.15, -0.1) is 0 Å². The molecule has 0 aliphatic heterocycles. The molecule has 0 amide bonds. The van der Waals surface area contributed by atoms with E-state index in [-0.39, 0.29) is 5.56 Å². The molecule has 0 aliphatic carbocycles. The van der Waals surface area contributed by atoms with Crippen molar-refractivity contribution in [3.05, 3.63) is 23.5 Å². The summed E-state index contributed by atoms with van der Waals surface area (Å²) in [5, 5.41) is 8.88. The molecule has 0 unspecified atom stereocenters. The number of aryl methyl sites for hydroxylation is 1. The predicted octanol–water partition coefficient (Wildman–Crippen LogP) is 1.58. The summed E-state index contributed by atoms with van der Waals surface area (Å²) in [5.74, 6) is 0.211. The molecule has 0 bridgehead atoms. The first-order valence-corrected chi connectivity index (χ1v) is 4.39. The number of carbonyl (C=O) groups is 1. The Labute approximate surface area is 85.7 Å². The smallest absolute Gasteiger partial charge is 0.335 e. The molecule has 2 N–H and O–H groups in total. The summed E-state index contributed by atoms with van der Waals surface area (Å²) in [7, 11) is 1.49. The number of nitrogens with zero attached hydrogens (tertiary/aromatic N) is 1. The van der Waals surface area contributed by atoms with E-state index in [0.29, 0.717) is 16.8 Å². The van der Waals surface area contributed by atoms with Crippen LogP contribution in [0.3, 0.4) is 0 Å². The van der Waals surface area contributed by atoms with E-state index in [4.69, 9.17) is 9.84 Å². The van der Waals surface area contributed by atoms with Crippen LogP contribution in [0.15, 0.2) is 12.1 Å². The van der Waals surface area contributed by atoms with E-state index >= 15 is 0 Å². The molecule has 1 heterocycles. The molecule has 5 nitrogen and oxygen atoms in total. The molecular weight excluding hydrogens is 196 g/mol. The van der Waals surface area contributed by atoms with E-state index in [1.807, 2.05) is 0 Å². The Morgan fingerprint density at radius 1 is 1.53 bits per heavy atom. The summed E-state index contributed by atoms with van der Waals surface area (Å²) in [6.45, 7) is 1.81. The molecule has 5 heteroatoms. The average Bonchev–Trinajstić information content (AvgIpc) is 2.56. The number of aromatic nitrogens is 2. The highest BCUT2D eigenvalue weighted by Gasteiger charge is 2.12. The fourth-order valence-corrected chi connectivity index (χ4v) is 1.49. The van der Waals surface area contributed by atoms with Gasteiger partial charge in [0.2, 0.25) is 0 Å². The van der Waals surface area contributed by atoms with E-state index < -0.39 is 5.97 Å². The summed E-state index contributed by atoms with van der Waals surface area (Å²) in [6, 6.07) is 3.01. The molecule has 0 fully saturated rings. The minimum absolute atomic E-state index is 0.183. The van der Waals surface area contributed by atoms with Crippen LogP contribution < -0.4 is 4.74 Å².